The van der Waals surface area contributed by atoms with Crippen molar-refractivity contribution in [1.29, 1.82) is 0 Å². The van der Waals surface area contributed by atoms with Crippen molar-refractivity contribution in [2.45, 2.75) is 27.0 Å². The number of nitrogens with two attached hydrogens (primary N) is 1. The Balaban J connectivity index is 0.00000243. The zero-order valence-corrected chi connectivity index (χ0v) is 17.0. The minimum atomic E-state index is -0.0239. The number of carbonyl (C=O) groups excluding carboxylic acids is 1. The fourth-order valence-electron chi connectivity index (χ4n) is 2.35. The number of ether oxygens (including phenoxy) is 1. The number of aromatic nitrogens is 2. The molecule has 136 valence electrons. The van der Waals surface area contributed by atoms with Crippen LogP contribution < -0.4 is 32.1 Å². The van der Waals surface area contributed by atoms with Crippen molar-refractivity contribution in [2.24, 2.45) is 0 Å². The fraction of sp³-hybridized carbons (Fsp3) is 0.211. The van der Waals surface area contributed by atoms with E-state index in [1.165, 1.54) is 27.1 Å². The smallest absolute Gasteiger partial charge is 0.354 e. The first kappa shape index (κ1) is 20.1. The van der Waals surface area contributed by atoms with Crippen LogP contribution in [0.15, 0.2) is 48.5 Å². The van der Waals surface area contributed by atoms with E-state index in [-0.39, 0.29) is 29.3 Å². The number of benzene rings is 2. The molecule has 0 saturated carbocycles. The molecule has 2 aromatic carbocycles. The van der Waals surface area contributed by atoms with Crippen LogP contribution in [-0.4, -0.2) is 10.9 Å². The Hall–Kier alpha value is -2.25. The van der Waals surface area contributed by atoms with Gasteiger partial charge >= 0.3 is 5.13 Å². The summed E-state index contributed by atoms with van der Waals surface area (Å²) in [6.07, 6.45) is 0. The molecule has 0 amide bonds. The second-order valence-electron chi connectivity index (χ2n) is 5.82. The minimum absolute atomic E-state index is 0. The van der Waals surface area contributed by atoms with Crippen LogP contribution in [0.2, 0.25) is 0 Å². The maximum Gasteiger partial charge on any atom is 0.354 e. The van der Waals surface area contributed by atoms with Crippen molar-refractivity contribution in [1.82, 2.24) is 5.10 Å². The molecule has 0 bridgehead atoms. The minimum Gasteiger partial charge on any atom is -1.00 e. The summed E-state index contributed by atoms with van der Waals surface area (Å²) in [5, 5.41) is 5.62. The van der Waals surface area contributed by atoms with Gasteiger partial charge in [-0.3, -0.25) is 10.5 Å². The number of aryl methyl sites for hydroxylation is 2. The summed E-state index contributed by atoms with van der Waals surface area (Å²) in [7, 11) is 0. The second-order valence-corrected chi connectivity index (χ2v) is 6.91. The third-order valence-electron chi connectivity index (χ3n) is 3.94. The maximum absolute atomic E-state index is 12.3. The Bertz CT molecular complexity index is 897. The lowest BCUT2D eigenvalue weighted by Gasteiger charge is -2.06. The normalized spacial score (nSPS) is 10.2. The summed E-state index contributed by atoms with van der Waals surface area (Å²) < 4.78 is 7.31. The number of halogens is 1. The molecule has 1 heterocycles. The standard InChI is InChI=1S/C19H19N3O2S.BrH/c1-13-8-9-16(10-14(13)2)24-12-18-21-22(19(20)25-18)11-17(23)15-6-4-3-5-7-15;/h3-10,20H,11-12H2,1-2H3;1H. The van der Waals surface area contributed by atoms with Gasteiger partial charge in [-0.1, -0.05) is 41.5 Å². The van der Waals surface area contributed by atoms with Gasteiger partial charge in [0.05, 0.1) is 0 Å². The number of nitrogens with zero attached hydrogens (tertiary/aromatic N) is 2. The number of nitrogen functional groups attached to an aromatic ring is 1. The van der Waals surface area contributed by atoms with E-state index < -0.39 is 0 Å². The molecular weight excluding hydrogens is 414 g/mol. The van der Waals surface area contributed by atoms with Crippen LogP contribution in [0.1, 0.15) is 26.5 Å². The van der Waals surface area contributed by atoms with E-state index in [1.807, 2.05) is 43.3 Å². The van der Waals surface area contributed by atoms with Crippen molar-refractivity contribution in [3.63, 3.8) is 0 Å². The highest BCUT2D eigenvalue weighted by Crippen LogP contribution is 2.19. The Morgan fingerprint density at radius 3 is 2.58 bits per heavy atom. The lowest BCUT2D eigenvalue weighted by atomic mass is 10.1. The van der Waals surface area contributed by atoms with Crippen molar-refractivity contribution >= 4 is 22.3 Å². The van der Waals surface area contributed by atoms with E-state index in [9.17, 15) is 4.79 Å². The van der Waals surface area contributed by atoms with Crippen LogP contribution in [0.3, 0.4) is 0 Å². The molecule has 0 radical (unpaired) electrons. The molecule has 0 unspecified atom stereocenters. The highest BCUT2D eigenvalue weighted by Gasteiger charge is 2.18. The molecule has 3 aromatic rings. The molecule has 3 rings (SSSR count). The Morgan fingerprint density at radius 1 is 1.15 bits per heavy atom. The Kier molecular flexibility index (Phi) is 6.88. The molecule has 0 spiro atoms. The van der Waals surface area contributed by atoms with Gasteiger partial charge in [0.25, 0.3) is 0 Å². The monoisotopic (exact) mass is 433 g/mol. The third-order valence-corrected chi connectivity index (χ3v) is 4.79. The number of rotatable bonds is 6. The van der Waals surface area contributed by atoms with Gasteiger partial charge in [0, 0.05) is 5.56 Å². The predicted octanol–water partition coefficient (Wildman–Crippen LogP) is 0.0955. The van der Waals surface area contributed by atoms with Crippen molar-refractivity contribution in [2.75, 3.05) is 5.73 Å². The third kappa shape index (κ3) is 4.89. The van der Waals surface area contributed by atoms with Gasteiger partial charge in [0.15, 0.2) is 11.6 Å². The summed E-state index contributed by atoms with van der Waals surface area (Å²) in [6.45, 7) is 4.56. The van der Waals surface area contributed by atoms with Gasteiger partial charge in [-0.05, 0) is 48.4 Å². The van der Waals surface area contributed by atoms with Crippen molar-refractivity contribution < 1.29 is 31.2 Å². The first-order valence-corrected chi connectivity index (χ1v) is 8.78. The molecule has 1 aromatic heterocycles. The number of Topliss-reactive ketones (excluding diaryl/α,β-unsaturated/α-hetero) is 1. The van der Waals surface area contributed by atoms with Gasteiger partial charge < -0.3 is 21.7 Å². The summed E-state index contributed by atoms with van der Waals surface area (Å²) in [6, 6.07) is 15.1. The molecule has 2 N–H and O–H groups in total. The van der Waals surface area contributed by atoms with Crippen LogP contribution in [-0.2, 0) is 13.2 Å². The molecule has 26 heavy (non-hydrogen) atoms. The molecule has 0 saturated heterocycles. The SMILES string of the molecule is Cc1ccc(OCc2n[n+](CC(=O)c3ccccc3)c(N)s2)cc1C.[Br-]. The lowest BCUT2D eigenvalue weighted by molar-refractivity contribution is -0.723. The highest BCUT2D eigenvalue weighted by atomic mass is 79.9. The predicted molar refractivity (Wildman–Crippen MR) is 97.7 cm³/mol. The number of hydrogen-bond acceptors (Lipinski definition) is 5. The zero-order valence-electron chi connectivity index (χ0n) is 14.6. The topological polar surface area (TPSA) is 69.1 Å². The van der Waals surface area contributed by atoms with E-state index in [4.69, 9.17) is 10.5 Å². The molecule has 7 heteroatoms. The molecule has 0 atom stereocenters. The molecule has 0 aliphatic carbocycles. The molecule has 0 fully saturated rings. The van der Waals surface area contributed by atoms with Crippen molar-refractivity contribution in [3.8, 4) is 5.75 Å². The van der Waals surface area contributed by atoms with Gasteiger partial charge in [-0.2, -0.15) is 0 Å². The average molecular weight is 434 g/mol. The second kappa shape index (κ2) is 8.91. The number of ketones is 1. The van der Waals surface area contributed by atoms with E-state index in [0.717, 1.165) is 10.8 Å². The number of carbonyl (C=O) groups is 1. The summed E-state index contributed by atoms with van der Waals surface area (Å²) >= 11 is 1.33. The van der Waals surface area contributed by atoms with Gasteiger partial charge in [-0.15, -0.1) is 4.68 Å². The van der Waals surface area contributed by atoms with E-state index in [2.05, 4.69) is 12.0 Å². The van der Waals surface area contributed by atoms with Crippen LogP contribution in [0.5, 0.6) is 5.75 Å². The molecular formula is C19H20BrN3O2S. The van der Waals surface area contributed by atoms with Gasteiger partial charge in [-0.25, -0.2) is 0 Å². The Morgan fingerprint density at radius 2 is 1.88 bits per heavy atom. The molecule has 0 aliphatic rings. The first-order chi connectivity index (χ1) is 12.0. The largest absolute Gasteiger partial charge is 1.00 e. The average Bonchev–Trinajstić information content (AvgIpc) is 2.96. The lowest BCUT2D eigenvalue weighted by Crippen LogP contribution is -3.00. The van der Waals surface area contributed by atoms with Crippen LogP contribution in [0, 0.1) is 13.8 Å². The summed E-state index contributed by atoms with van der Waals surface area (Å²) in [5.74, 6) is 0.771. The van der Waals surface area contributed by atoms with E-state index in [1.54, 1.807) is 12.1 Å². The molecule has 0 aliphatic heterocycles. The van der Waals surface area contributed by atoms with Crippen LogP contribution in [0.25, 0.3) is 0 Å². The summed E-state index contributed by atoms with van der Waals surface area (Å²) in [4.78, 5) is 12.3. The van der Waals surface area contributed by atoms with E-state index >= 15 is 0 Å². The Labute approximate surface area is 167 Å². The van der Waals surface area contributed by atoms with Crippen LogP contribution in [0.4, 0.5) is 5.13 Å². The van der Waals surface area contributed by atoms with Gasteiger partial charge in [0.1, 0.15) is 12.4 Å². The zero-order chi connectivity index (χ0) is 17.8. The summed E-state index contributed by atoms with van der Waals surface area (Å²) in [5.41, 5.74) is 9.05. The quantitative estimate of drug-likeness (QED) is 0.442. The molecule has 5 nitrogen and oxygen atoms in total. The number of anilines is 1. The number of hydrogen-bond donors (Lipinski definition) is 1. The van der Waals surface area contributed by atoms with Crippen LogP contribution >= 0.6 is 11.3 Å². The van der Waals surface area contributed by atoms with E-state index in [0.29, 0.717) is 17.3 Å². The highest BCUT2D eigenvalue weighted by molar-refractivity contribution is 7.14. The fourth-order valence-corrected chi connectivity index (χ4v) is 3.06. The van der Waals surface area contributed by atoms with Gasteiger partial charge in [0.2, 0.25) is 5.78 Å². The van der Waals surface area contributed by atoms with Crippen molar-refractivity contribution in [3.05, 3.63) is 70.2 Å². The maximum atomic E-state index is 12.3. The first-order valence-electron chi connectivity index (χ1n) is 7.96.